The van der Waals surface area contributed by atoms with E-state index in [1.165, 1.54) is 38.5 Å². The van der Waals surface area contributed by atoms with E-state index >= 15 is 0 Å². The summed E-state index contributed by atoms with van der Waals surface area (Å²) in [5.74, 6) is -4.63. The fourth-order valence-corrected chi connectivity index (χ4v) is 10.8. The summed E-state index contributed by atoms with van der Waals surface area (Å²) in [4.78, 5) is 81.0. The minimum Gasteiger partial charge on any atom is -0.493 e. The smallest absolute Gasteiger partial charge is 0.315 e. The number of rotatable bonds is 24. The maximum absolute atomic E-state index is 13.9. The van der Waals surface area contributed by atoms with Crippen LogP contribution in [0.1, 0.15) is 75.6 Å². The highest BCUT2D eigenvalue weighted by molar-refractivity contribution is 6.11. The molecule has 0 fully saturated rings. The Morgan fingerprint density at radius 3 is 1.10 bits per heavy atom. The predicted octanol–water partition coefficient (Wildman–Crippen LogP) is 13.0. The van der Waals surface area contributed by atoms with Crippen LogP contribution in [0.4, 0.5) is 0 Å². The molecule has 0 radical (unpaired) electrons. The summed E-state index contributed by atoms with van der Waals surface area (Å²) in [6, 6.07) is 60.6. The number of carbonyl (C=O) groups excluding carboxylic acids is 6. The molecule has 8 aromatic carbocycles. The molecule has 8 aromatic rings. The van der Waals surface area contributed by atoms with Crippen molar-refractivity contribution in [2.45, 2.75) is 43.9 Å². The Kier molecular flexibility index (Phi) is 18.0. The minimum absolute atomic E-state index is 0.119. The Balaban J connectivity index is 0.726. The van der Waals surface area contributed by atoms with E-state index in [1.807, 2.05) is 133 Å². The van der Waals surface area contributed by atoms with Gasteiger partial charge in [0.25, 0.3) is 0 Å². The molecule has 0 aromatic heterocycles. The van der Waals surface area contributed by atoms with Crippen molar-refractivity contribution in [2.24, 2.45) is 11.8 Å². The molecule has 83 heavy (non-hydrogen) atoms. The number of ether oxygens (including phenoxy) is 6. The summed E-state index contributed by atoms with van der Waals surface area (Å²) < 4.78 is 34.7. The van der Waals surface area contributed by atoms with Gasteiger partial charge >= 0.3 is 23.9 Å². The van der Waals surface area contributed by atoms with E-state index in [0.717, 1.165) is 55.6 Å². The molecular weight excluding hydrogens is 1040 g/mol. The largest absolute Gasteiger partial charge is 0.493 e. The first-order chi connectivity index (χ1) is 40.5. The van der Waals surface area contributed by atoms with Crippen molar-refractivity contribution in [1.29, 1.82) is 0 Å². The van der Waals surface area contributed by atoms with Gasteiger partial charge in [0, 0.05) is 11.8 Å². The van der Waals surface area contributed by atoms with Crippen LogP contribution < -0.4 is 18.9 Å². The number of benzene rings is 8. The van der Waals surface area contributed by atoms with Crippen molar-refractivity contribution < 1.29 is 57.2 Å². The number of methoxy groups -OCH3 is 2. The fourth-order valence-electron chi connectivity index (χ4n) is 10.8. The molecular formula is C71H60O12. The van der Waals surface area contributed by atoms with E-state index in [0.29, 0.717) is 11.1 Å². The van der Waals surface area contributed by atoms with Crippen molar-refractivity contribution in [3.05, 3.63) is 251 Å². The van der Waals surface area contributed by atoms with E-state index < -0.39 is 53.7 Å². The van der Waals surface area contributed by atoms with E-state index in [-0.39, 0.29) is 73.7 Å². The van der Waals surface area contributed by atoms with Gasteiger partial charge in [0.05, 0.1) is 45.3 Å². The first kappa shape index (κ1) is 56.3. The van der Waals surface area contributed by atoms with Crippen LogP contribution in [0.2, 0.25) is 0 Å². The lowest BCUT2D eigenvalue weighted by atomic mass is 9.96. The molecule has 12 nitrogen and oxygen atoms in total. The zero-order chi connectivity index (χ0) is 57.7. The van der Waals surface area contributed by atoms with Crippen LogP contribution in [0.5, 0.6) is 23.0 Å². The van der Waals surface area contributed by atoms with Gasteiger partial charge in [0.1, 0.15) is 13.2 Å². The maximum Gasteiger partial charge on any atom is 0.315 e. The summed E-state index contributed by atoms with van der Waals surface area (Å²) in [5, 5.41) is 0. The summed E-state index contributed by atoms with van der Waals surface area (Å²) in [5.41, 5.74) is 11.5. The van der Waals surface area contributed by atoms with Gasteiger partial charge in [-0.05, 0) is 116 Å². The lowest BCUT2D eigenvalue weighted by molar-refractivity contribution is -0.150. The van der Waals surface area contributed by atoms with Gasteiger partial charge in [-0.3, -0.25) is 28.8 Å². The molecule has 0 amide bonds. The van der Waals surface area contributed by atoms with Gasteiger partial charge in [0.15, 0.2) is 34.6 Å². The van der Waals surface area contributed by atoms with Gasteiger partial charge in [-0.2, -0.15) is 0 Å². The van der Waals surface area contributed by atoms with Crippen LogP contribution in [0.25, 0.3) is 34.4 Å². The third kappa shape index (κ3) is 13.8. The topological polar surface area (TPSA) is 158 Å². The Morgan fingerprint density at radius 2 is 0.747 bits per heavy atom. The molecule has 0 saturated heterocycles. The number of esters is 4. The van der Waals surface area contributed by atoms with Gasteiger partial charge in [-0.25, -0.2) is 0 Å². The highest BCUT2D eigenvalue weighted by Crippen LogP contribution is 2.46. The summed E-state index contributed by atoms with van der Waals surface area (Å²) in [6.45, 7) is 0.246. The van der Waals surface area contributed by atoms with Gasteiger partial charge in [0.2, 0.25) is 0 Å². The van der Waals surface area contributed by atoms with E-state index in [4.69, 9.17) is 28.4 Å². The summed E-state index contributed by atoms with van der Waals surface area (Å²) in [7, 11) is 2.84. The minimum atomic E-state index is -0.881. The van der Waals surface area contributed by atoms with Crippen molar-refractivity contribution >= 4 is 47.6 Å². The van der Waals surface area contributed by atoms with Crippen molar-refractivity contribution in [3.8, 4) is 45.3 Å². The predicted molar refractivity (Wildman–Crippen MR) is 316 cm³/mol. The van der Waals surface area contributed by atoms with Crippen molar-refractivity contribution in [2.75, 3.05) is 27.4 Å². The summed E-state index contributed by atoms with van der Waals surface area (Å²) >= 11 is 0. The standard InChI is InChI=1S/C71H60O12/c1-78-66-39-48(31-35-64(66)82-70(76)50(37-46-17-5-3-6-18-46)41-68(74)80-44-62-58-25-13-9-21-54(58)55-22-10-14-26-59(55)62)29-33-52(72)43-53(73)34-30-49-32-36-65(67(40-49)79-2)83-71(77)51(38-47-19-7-4-8-20-47)42-69(75)81-45-63-60-27-15-11-23-56(60)57-24-12-16-28-61(57)63/h3-36,39-40,50-51,62-63H,37-38,41-45H2,1-2H3/b33-29+,34-30+/t50-,51-/m1/s1. The second-order valence-electron chi connectivity index (χ2n) is 20.4. The van der Waals surface area contributed by atoms with Crippen molar-refractivity contribution in [3.63, 3.8) is 0 Å². The first-order valence-electron chi connectivity index (χ1n) is 27.5. The van der Waals surface area contributed by atoms with Gasteiger partial charge in [-0.15, -0.1) is 0 Å². The average Bonchev–Trinajstić information content (AvgIpc) is 3.27. The molecule has 0 heterocycles. The third-order valence-corrected chi connectivity index (χ3v) is 15.0. The number of fused-ring (bicyclic) bond motifs is 6. The zero-order valence-corrected chi connectivity index (χ0v) is 45.9. The third-order valence-electron chi connectivity index (χ3n) is 15.0. The molecule has 416 valence electrons. The molecule has 12 heteroatoms. The lowest BCUT2D eigenvalue weighted by Gasteiger charge is -2.18. The number of hydrogen-bond acceptors (Lipinski definition) is 12. The van der Waals surface area contributed by atoms with E-state index in [1.54, 1.807) is 36.4 Å². The Bertz CT molecular complexity index is 3410. The molecule has 0 unspecified atom stereocenters. The molecule has 2 aliphatic rings. The molecule has 2 aliphatic carbocycles. The van der Waals surface area contributed by atoms with Crippen LogP contribution in [0.15, 0.2) is 206 Å². The molecule has 0 saturated carbocycles. The Labute approximate surface area is 481 Å². The van der Waals surface area contributed by atoms with Crippen LogP contribution in [-0.2, 0) is 51.1 Å². The van der Waals surface area contributed by atoms with E-state index in [2.05, 4.69) is 24.3 Å². The highest BCUT2D eigenvalue weighted by atomic mass is 16.6. The summed E-state index contributed by atoms with van der Waals surface area (Å²) in [6.07, 6.45) is 5.21. The van der Waals surface area contributed by atoms with Crippen LogP contribution in [0.3, 0.4) is 0 Å². The monoisotopic (exact) mass is 1100 g/mol. The van der Waals surface area contributed by atoms with Crippen LogP contribution in [-0.4, -0.2) is 62.9 Å². The van der Waals surface area contributed by atoms with Crippen LogP contribution >= 0.6 is 0 Å². The van der Waals surface area contributed by atoms with Gasteiger partial charge < -0.3 is 28.4 Å². The normalized spacial score (nSPS) is 13.0. The van der Waals surface area contributed by atoms with Crippen LogP contribution in [0, 0.1) is 11.8 Å². The zero-order valence-electron chi connectivity index (χ0n) is 45.9. The second-order valence-corrected chi connectivity index (χ2v) is 20.4. The quantitative estimate of drug-likeness (QED) is 0.0244. The lowest BCUT2D eigenvalue weighted by Crippen LogP contribution is -2.27. The first-order valence-corrected chi connectivity index (χ1v) is 27.5. The molecule has 0 spiro atoms. The molecule has 0 aliphatic heterocycles. The van der Waals surface area contributed by atoms with E-state index in [9.17, 15) is 28.8 Å². The van der Waals surface area contributed by atoms with Gasteiger partial charge in [-0.1, -0.05) is 182 Å². The number of allylic oxidation sites excluding steroid dienone is 2. The number of ketones is 2. The maximum atomic E-state index is 13.9. The molecule has 0 N–H and O–H groups in total. The average molecular weight is 1110 g/mol. The molecule has 10 rings (SSSR count). The Morgan fingerprint density at radius 1 is 0.410 bits per heavy atom. The number of hydrogen-bond donors (Lipinski definition) is 0. The molecule has 2 atom stereocenters. The SMILES string of the molecule is COc1cc(/C=C/C(=O)CC(=O)/C=C/c2ccc(OC(=O)[C@@H](CC(=O)OCC3c4ccccc4-c4ccccc43)Cc3ccccc3)c(OC)c2)ccc1OC(=O)[C@@H](CC(=O)OCC1c2ccccc2-c2ccccc21)Cc1ccccc1. The highest BCUT2D eigenvalue weighted by Gasteiger charge is 2.33. The fraction of sp³-hybridized carbons (Fsp3) is 0.183. The Hall–Kier alpha value is -9.94. The van der Waals surface area contributed by atoms with Crippen molar-refractivity contribution in [1.82, 2.24) is 0 Å². The molecule has 0 bridgehead atoms. The number of carbonyl (C=O) groups is 6. The second kappa shape index (κ2) is 26.6.